The minimum Gasteiger partial charge on any atom is -0.493 e. The number of aromatic carboxylic acids is 1. The van der Waals surface area contributed by atoms with Crippen LogP contribution in [-0.2, 0) is 0 Å². The number of benzene rings is 2. The number of hydrogen-bond donors (Lipinski definition) is 1. The van der Waals surface area contributed by atoms with E-state index in [1.807, 2.05) is 0 Å². The van der Waals surface area contributed by atoms with E-state index in [9.17, 15) is 4.79 Å². The van der Waals surface area contributed by atoms with Gasteiger partial charge in [0.05, 0.1) is 12.1 Å². The molecule has 0 heterocycles. The first-order valence-electron chi connectivity index (χ1n) is 5.46. The van der Waals surface area contributed by atoms with Crippen LogP contribution in [0.15, 0.2) is 42.5 Å². The van der Waals surface area contributed by atoms with Crippen LogP contribution in [0, 0.1) is 0 Å². The highest BCUT2D eigenvalue weighted by Gasteiger charge is 2.17. The van der Waals surface area contributed by atoms with Gasteiger partial charge in [-0.1, -0.05) is 29.8 Å². The largest absolute Gasteiger partial charge is 0.493 e. The molecule has 0 unspecified atom stereocenters. The third-order valence-electron chi connectivity index (χ3n) is 2.48. The number of rotatable bonds is 4. The van der Waals surface area contributed by atoms with Crippen LogP contribution >= 0.6 is 11.6 Å². The van der Waals surface area contributed by atoms with Gasteiger partial charge in [-0.05, 0) is 24.3 Å². The van der Waals surface area contributed by atoms with Crippen molar-refractivity contribution in [2.24, 2.45) is 0 Å². The lowest BCUT2D eigenvalue weighted by Crippen LogP contribution is -2.01. The maximum atomic E-state index is 11.2. The van der Waals surface area contributed by atoms with Crippen LogP contribution in [0.1, 0.15) is 10.4 Å². The predicted octanol–water partition coefficient (Wildman–Crippen LogP) is 3.84. The van der Waals surface area contributed by atoms with E-state index in [0.717, 1.165) is 0 Å². The Morgan fingerprint density at radius 3 is 2.32 bits per heavy atom. The first kappa shape index (κ1) is 13.2. The van der Waals surface area contributed by atoms with E-state index in [-0.39, 0.29) is 16.3 Å². The standard InChI is InChI=1S/C14H11ClO4/c1-18-10-6-2-3-7-11(10)19-12-8-4-5-9(15)13(12)14(16)17/h2-8H,1H3,(H,16,17). The Bertz CT molecular complexity index is 610. The molecule has 5 heteroatoms. The van der Waals surface area contributed by atoms with Crippen LogP contribution < -0.4 is 9.47 Å². The van der Waals surface area contributed by atoms with E-state index in [0.29, 0.717) is 11.5 Å². The molecule has 0 aliphatic rings. The summed E-state index contributed by atoms with van der Waals surface area (Å²) in [5.41, 5.74) is -0.0740. The Balaban J connectivity index is 2.44. The molecule has 2 aromatic carbocycles. The highest BCUT2D eigenvalue weighted by molar-refractivity contribution is 6.33. The molecule has 0 fully saturated rings. The Labute approximate surface area is 115 Å². The minimum absolute atomic E-state index is 0.0740. The molecule has 0 aromatic heterocycles. The fourth-order valence-electron chi connectivity index (χ4n) is 1.62. The second kappa shape index (κ2) is 5.63. The Hall–Kier alpha value is -2.20. The van der Waals surface area contributed by atoms with Crippen LogP contribution in [0.2, 0.25) is 5.02 Å². The average Bonchev–Trinajstić information content (AvgIpc) is 2.39. The van der Waals surface area contributed by atoms with Gasteiger partial charge in [0.15, 0.2) is 11.5 Å². The van der Waals surface area contributed by atoms with E-state index >= 15 is 0 Å². The van der Waals surface area contributed by atoms with Gasteiger partial charge in [0.1, 0.15) is 11.3 Å². The molecular formula is C14H11ClO4. The first-order chi connectivity index (χ1) is 9.13. The number of carboxylic acids is 1. The summed E-state index contributed by atoms with van der Waals surface area (Å²) in [5.74, 6) is -0.0337. The number of carboxylic acid groups (broad SMARTS) is 1. The lowest BCUT2D eigenvalue weighted by Gasteiger charge is -2.12. The molecule has 0 radical (unpaired) electrons. The van der Waals surface area contributed by atoms with Crippen LogP contribution in [0.5, 0.6) is 17.2 Å². The molecule has 98 valence electrons. The van der Waals surface area contributed by atoms with Crippen molar-refractivity contribution in [3.63, 3.8) is 0 Å². The van der Waals surface area contributed by atoms with Gasteiger partial charge in [-0.3, -0.25) is 0 Å². The van der Waals surface area contributed by atoms with E-state index in [4.69, 9.17) is 26.2 Å². The molecule has 2 aromatic rings. The molecule has 0 saturated heterocycles. The molecule has 1 N–H and O–H groups in total. The van der Waals surface area contributed by atoms with Crippen molar-refractivity contribution in [2.45, 2.75) is 0 Å². The van der Waals surface area contributed by atoms with Crippen molar-refractivity contribution in [3.05, 3.63) is 53.1 Å². The lowest BCUT2D eigenvalue weighted by atomic mass is 10.2. The second-order valence-corrected chi connectivity index (χ2v) is 4.08. The summed E-state index contributed by atoms with van der Waals surface area (Å²) in [6.45, 7) is 0. The highest BCUT2D eigenvalue weighted by Crippen LogP contribution is 2.34. The summed E-state index contributed by atoms with van der Waals surface area (Å²) in [6, 6.07) is 11.6. The summed E-state index contributed by atoms with van der Waals surface area (Å²) in [7, 11) is 1.51. The molecule has 0 aliphatic carbocycles. The molecule has 0 bridgehead atoms. The summed E-state index contributed by atoms with van der Waals surface area (Å²) in [5, 5.41) is 9.28. The van der Waals surface area contributed by atoms with Gasteiger partial charge in [-0.2, -0.15) is 0 Å². The van der Waals surface area contributed by atoms with Crippen LogP contribution in [0.3, 0.4) is 0 Å². The fraction of sp³-hybridized carbons (Fsp3) is 0.0714. The van der Waals surface area contributed by atoms with Crippen LogP contribution in [0.4, 0.5) is 0 Å². The normalized spacial score (nSPS) is 10.0. The van der Waals surface area contributed by atoms with Gasteiger partial charge in [0, 0.05) is 0 Å². The van der Waals surface area contributed by atoms with Crippen molar-refractivity contribution >= 4 is 17.6 Å². The summed E-state index contributed by atoms with van der Waals surface area (Å²) in [4.78, 5) is 11.2. The third-order valence-corrected chi connectivity index (χ3v) is 2.79. The smallest absolute Gasteiger partial charge is 0.341 e. The van der Waals surface area contributed by atoms with E-state index in [1.165, 1.54) is 13.2 Å². The summed E-state index contributed by atoms with van der Waals surface area (Å²) in [6.07, 6.45) is 0. The molecule has 0 saturated carbocycles. The van der Waals surface area contributed by atoms with Gasteiger partial charge in [-0.25, -0.2) is 4.79 Å². The summed E-state index contributed by atoms with van der Waals surface area (Å²) < 4.78 is 10.7. The molecule has 0 spiro atoms. The molecule has 0 aliphatic heterocycles. The topological polar surface area (TPSA) is 55.8 Å². The zero-order valence-corrected chi connectivity index (χ0v) is 10.8. The number of methoxy groups -OCH3 is 1. The Morgan fingerprint density at radius 2 is 1.68 bits per heavy atom. The third kappa shape index (κ3) is 2.80. The van der Waals surface area contributed by atoms with E-state index < -0.39 is 5.97 Å². The fourth-order valence-corrected chi connectivity index (χ4v) is 1.87. The maximum Gasteiger partial charge on any atom is 0.341 e. The van der Waals surface area contributed by atoms with Crippen LogP contribution in [0.25, 0.3) is 0 Å². The van der Waals surface area contributed by atoms with E-state index in [1.54, 1.807) is 36.4 Å². The maximum absolute atomic E-state index is 11.2. The number of ether oxygens (including phenoxy) is 2. The Morgan fingerprint density at radius 1 is 1.05 bits per heavy atom. The van der Waals surface area contributed by atoms with Gasteiger partial charge in [0.25, 0.3) is 0 Å². The highest BCUT2D eigenvalue weighted by atomic mass is 35.5. The molecule has 0 atom stereocenters. The number of hydrogen-bond acceptors (Lipinski definition) is 3. The molecule has 0 amide bonds. The van der Waals surface area contributed by atoms with Crippen molar-refractivity contribution < 1.29 is 19.4 Å². The van der Waals surface area contributed by atoms with Crippen molar-refractivity contribution in [2.75, 3.05) is 7.11 Å². The molecule has 19 heavy (non-hydrogen) atoms. The number of para-hydroxylation sites is 2. The van der Waals surface area contributed by atoms with Crippen molar-refractivity contribution in [3.8, 4) is 17.2 Å². The minimum atomic E-state index is -1.14. The lowest BCUT2D eigenvalue weighted by molar-refractivity contribution is 0.0694. The second-order valence-electron chi connectivity index (χ2n) is 3.67. The first-order valence-corrected chi connectivity index (χ1v) is 5.84. The molecular weight excluding hydrogens is 268 g/mol. The predicted molar refractivity (Wildman–Crippen MR) is 71.5 cm³/mol. The Kier molecular flexibility index (Phi) is 3.92. The van der Waals surface area contributed by atoms with Gasteiger partial charge < -0.3 is 14.6 Å². The number of halogens is 1. The van der Waals surface area contributed by atoms with Gasteiger partial charge in [-0.15, -0.1) is 0 Å². The zero-order valence-electron chi connectivity index (χ0n) is 10.1. The van der Waals surface area contributed by atoms with Crippen LogP contribution in [-0.4, -0.2) is 18.2 Å². The van der Waals surface area contributed by atoms with Crippen molar-refractivity contribution in [1.82, 2.24) is 0 Å². The monoisotopic (exact) mass is 278 g/mol. The number of carbonyl (C=O) groups is 1. The van der Waals surface area contributed by atoms with Gasteiger partial charge >= 0.3 is 5.97 Å². The summed E-state index contributed by atoms with van der Waals surface area (Å²) >= 11 is 5.87. The quantitative estimate of drug-likeness (QED) is 0.923. The molecule has 4 nitrogen and oxygen atoms in total. The zero-order chi connectivity index (χ0) is 13.8. The van der Waals surface area contributed by atoms with Crippen molar-refractivity contribution in [1.29, 1.82) is 0 Å². The SMILES string of the molecule is COc1ccccc1Oc1cccc(Cl)c1C(=O)O. The average molecular weight is 279 g/mol. The van der Waals surface area contributed by atoms with Gasteiger partial charge in [0.2, 0.25) is 0 Å². The molecule has 2 rings (SSSR count). The van der Waals surface area contributed by atoms with E-state index in [2.05, 4.69) is 0 Å².